The number of aromatic nitrogens is 5. The Bertz CT molecular complexity index is 964. The number of rotatable bonds is 5. The van der Waals surface area contributed by atoms with E-state index in [4.69, 9.17) is 0 Å². The SMILES string of the molecule is CCn1nc(C)c(C(=O)N[C@H](C)c2cnc(-c3ccncc3)nc2C)c1C. The predicted octanol–water partition coefficient (Wildman–Crippen LogP) is 3.17. The minimum absolute atomic E-state index is 0.130. The van der Waals surface area contributed by atoms with Crippen LogP contribution in [0.2, 0.25) is 0 Å². The molecule has 0 saturated heterocycles. The second kappa shape index (κ2) is 7.65. The molecule has 7 nitrogen and oxygen atoms in total. The number of pyridine rings is 1. The summed E-state index contributed by atoms with van der Waals surface area (Å²) in [7, 11) is 0. The summed E-state index contributed by atoms with van der Waals surface area (Å²) in [5.41, 5.74) is 4.88. The first-order chi connectivity index (χ1) is 12.9. The van der Waals surface area contributed by atoms with Gasteiger partial charge in [-0.2, -0.15) is 5.10 Å². The monoisotopic (exact) mass is 364 g/mol. The van der Waals surface area contributed by atoms with Crippen LogP contribution in [-0.4, -0.2) is 30.6 Å². The topological polar surface area (TPSA) is 85.6 Å². The third kappa shape index (κ3) is 3.72. The Morgan fingerprint density at radius 2 is 1.89 bits per heavy atom. The lowest BCUT2D eigenvalue weighted by Gasteiger charge is -2.16. The molecular formula is C20H24N6O. The third-order valence-corrected chi connectivity index (χ3v) is 4.68. The van der Waals surface area contributed by atoms with Crippen molar-refractivity contribution in [3.8, 4) is 11.4 Å². The fourth-order valence-electron chi connectivity index (χ4n) is 3.22. The minimum Gasteiger partial charge on any atom is -0.345 e. The number of nitrogens with one attached hydrogen (secondary N) is 1. The molecule has 0 fully saturated rings. The Morgan fingerprint density at radius 1 is 1.19 bits per heavy atom. The Hall–Kier alpha value is -3.09. The van der Waals surface area contributed by atoms with Crippen molar-refractivity contribution in [1.82, 2.24) is 30.0 Å². The first kappa shape index (κ1) is 18.7. The molecule has 1 N–H and O–H groups in total. The number of aryl methyl sites for hydroxylation is 3. The Labute approximate surface area is 158 Å². The fraction of sp³-hybridized carbons (Fsp3) is 0.350. The van der Waals surface area contributed by atoms with Gasteiger partial charge in [0.15, 0.2) is 5.82 Å². The maximum atomic E-state index is 12.8. The molecule has 0 aliphatic rings. The molecule has 0 aliphatic heterocycles. The van der Waals surface area contributed by atoms with Gasteiger partial charge in [0.05, 0.1) is 17.3 Å². The quantitative estimate of drug-likeness (QED) is 0.751. The standard InChI is InChI=1S/C20H24N6O/c1-6-26-15(5)18(14(4)25-26)20(27)24-13(3)17-11-22-19(23-12(17)2)16-7-9-21-10-8-16/h7-11,13H,6H2,1-5H3,(H,24,27)/t13-/m1/s1. The highest BCUT2D eigenvalue weighted by Crippen LogP contribution is 2.21. The van der Waals surface area contributed by atoms with Crippen LogP contribution < -0.4 is 5.32 Å². The van der Waals surface area contributed by atoms with E-state index < -0.39 is 0 Å². The molecule has 0 bridgehead atoms. The molecule has 140 valence electrons. The van der Waals surface area contributed by atoms with Crippen LogP contribution in [0.4, 0.5) is 0 Å². The van der Waals surface area contributed by atoms with Gasteiger partial charge in [0.1, 0.15) is 0 Å². The number of hydrogen-bond acceptors (Lipinski definition) is 5. The van der Waals surface area contributed by atoms with E-state index in [-0.39, 0.29) is 11.9 Å². The summed E-state index contributed by atoms with van der Waals surface area (Å²) in [5, 5.41) is 7.47. The van der Waals surface area contributed by atoms with Gasteiger partial charge in [0.25, 0.3) is 5.91 Å². The Balaban J connectivity index is 1.81. The van der Waals surface area contributed by atoms with E-state index >= 15 is 0 Å². The van der Waals surface area contributed by atoms with Crippen molar-refractivity contribution < 1.29 is 4.79 Å². The molecule has 3 aromatic heterocycles. The first-order valence-electron chi connectivity index (χ1n) is 9.01. The average Bonchev–Trinajstić information content (AvgIpc) is 2.95. The van der Waals surface area contributed by atoms with Gasteiger partial charge in [-0.05, 0) is 46.8 Å². The summed E-state index contributed by atoms with van der Waals surface area (Å²) in [5.74, 6) is 0.517. The normalized spacial score (nSPS) is 12.0. The zero-order valence-corrected chi connectivity index (χ0v) is 16.3. The van der Waals surface area contributed by atoms with Crippen LogP contribution in [0.25, 0.3) is 11.4 Å². The lowest BCUT2D eigenvalue weighted by molar-refractivity contribution is 0.0938. The Morgan fingerprint density at radius 3 is 2.48 bits per heavy atom. The minimum atomic E-state index is -0.215. The summed E-state index contributed by atoms with van der Waals surface area (Å²) in [6.07, 6.45) is 5.20. The molecule has 0 saturated carbocycles. The first-order valence-corrected chi connectivity index (χ1v) is 9.01. The molecule has 3 aromatic rings. The molecule has 7 heteroatoms. The molecule has 1 atom stereocenters. The van der Waals surface area contributed by atoms with Crippen molar-refractivity contribution in [1.29, 1.82) is 0 Å². The summed E-state index contributed by atoms with van der Waals surface area (Å²) in [4.78, 5) is 25.8. The van der Waals surface area contributed by atoms with Gasteiger partial charge in [-0.3, -0.25) is 14.5 Å². The van der Waals surface area contributed by atoms with Crippen LogP contribution in [0.5, 0.6) is 0 Å². The Kier molecular flexibility index (Phi) is 5.30. The van der Waals surface area contributed by atoms with Crippen molar-refractivity contribution in [2.45, 2.75) is 47.2 Å². The van der Waals surface area contributed by atoms with Crippen molar-refractivity contribution in [2.75, 3.05) is 0 Å². The number of amides is 1. The summed E-state index contributed by atoms with van der Waals surface area (Å²) < 4.78 is 1.84. The van der Waals surface area contributed by atoms with Gasteiger partial charge in [-0.1, -0.05) is 0 Å². The molecule has 0 spiro atoms. The highest BCUT2D eigenvalue weighted by Gasteiger charge is 2.21. The smallest absolute Gasteiger partial charge is 0.255 e. The van der Waals surface area contributed by atoms with Crippen molar-refractivity contribution in [2.24, 2.45) is 0 Å². The lowest BCUT2D eigenvalue weighted by atomic mass is 10.1. The molecule has 0 radical (unpaired) electrons. The van der Waals surface area contributed by atoms with E-state index in [0.717, 1.165) is 34.8 Å². The van der Waals surface area contributed by atoms with E-state index in [1.54, 1.807) is 18.6 Å². The maximum absolute atomic E-state index is 12.8. The van der Waals surface area contributed by atoms with Crippen molar-refractivity contribution in [3.05, 3.63) is 58.9 Å². The highest BCUT2D eigenvalue weighted by atomic mass is 16.1. The fourth-order valence-corrected chi connectivity index (χ4v) is 3.22. The largest absolute Gasteiger partial charge is 0.345 e. The van der Waals surface area contributed by atoms with E-state index in [0.29, 0.717) is 11.4 Å². The third-order valence-electron chi connectivity index (χ3n) is 4.68. The molecule has 0 aromatic carbocycles. The molecule has 3 rings (SSSR count). The van der Waals surface area contributed by atoms with Crippen LogP contribution in [0.3, 0.4) is 0 Å². The molecule has 27 heavy (non-hydrogen) atoms. The van der Waals surface area contributed by atoms with Gasteiger partial charge in [-0.15, -0.1) is 0 Å². The predicted molar refractivity (Wildman–Crippen MR) is 103 cm³/mol. The van der Waals surface area contributed by atoms with Gasteiger partial charge in [-0.25, -0.2) is 9.97 Å². The van der Waals surface area contributed by atoms with E-state index in [1.807, 2.05) is 51.4 Å². The van der Waals surface area contributed by atoms with Crippen LogP contribution in [0.1, 0.15) is 52.9 Å². The zero-order chi connectivity index (χ0) is 19.6. The van der Waals surface area contributed by atoms with E-state index in [1.165, 1.54) is 0 Å². The maximum Gasteiger partial charge on any atom is 0.255 e. The molecule has 0 unspecified atom stereocenters. The van der Waals surface area contributed by atoms with Gasteiger partial charge in [0.2, 0.25) is 0 Å². The van der Waals surface area contributed by atoms with Crippen LogP contribution in [0.15, 0.2) is 30.7 Å². The van der Waals surface area contributed by atoms with Gasteiger partial charge >= 0.3 is 0 Å². The van der Waals surface area contributed by atoms with Gasteiger partial charge in [0, 0.05) is 47.7 Å². The summed E-state index contributed by atoms with van der Waals surface area (Å²) >= 11 is 0. The van der Waals surface area contributed by atoms with E-state index in [2.05, 4.69) is 25.4 Å². The van der Waals surface area contributed by atoms with Crippen molar-refractivity contribution >= 4 is 5.91 Å². The summed E-state index contributed by atoms with van der Waals surface area (Å²) in [6, 6.07) is 3.53. The van der Waals surface area contributed by atoms with Crippen LogP contribution in [-0.2, 0) is 6.54 Å². The molecule has 3 heterocycles. The second-order valence-electron chi connectivity index (χ2n) is 6.53. The number of carbonyl (C=O) groups is 1. The molecule has 0 aliphatic carbocycles. The van der Waals surface area contributed by atoms with E-state index in [9.17, 15) is 4.79 Å². The average molecular weight is 364 g/mol. The van der Waals surface area contributed by atoms with Gasteiger partial charge < -0.3 is 5.32 Å². The lowest BCUT2D eigenvalue weighted by Crippen LogP contribution is -2.28. The number of nitrogens with zero attached hydrogens (tertiary/aromatic N) is 5. The number of carbonyl (C=O) groups excluding carboxylic acids is 1. The van der Waals surface area contributed by atoms with Crippen LogP contribution >= 0.6 is 0 Å². The van der Waals surface area contributed by atoms with Crippen LogP contribution in [0, 0.1) is 20.8 Å². The zero-order valence-electron chi connectivity index (χ0n) is 16.3. The second-order valence-corrected chi connectivity index (χ2v) is 6.53. The molecular weight excluding hydrogens is 340 g/mol. The highest BCUT2D eigenvalue weighted by molar-refractivity contribution is 5.96. The number of hydrogen-bond donors (Lipinski definition) is 1. The summed E-state index contributed by atoms with van der Waals surface area (Å²) in [6.45, 7) is 10.4. The molecule has 1 amide bonds. The van der Waals surface area contributed by atoms with Crippen molar-refractivity contribution in [3.63, 3.8) is 0 Å².